The molecule has 0 aromatic heterocycles. The third kappa shape index (κ3) is 1.64. The Morgan fingerprint density at radius 3 is 2.75 bits per heavy atom. The summed E-state index contributed by atoms with van der Waals surface area (Å²) in [6, 6.07) is 10.5. The molecule has 1 aromatic rings. The van der Waals surface area contributed by atoms with Crippen molar-refractivity contribution in [1.82, 2.24) is 4.90 Å². The molecule has 0 saturated heterocycles. The maximum atomic E-state index is 4.16. The highest BCUT2D eigenvalue weighted by Crippen LogP contribution is 2.04. The zero-order valence-corrected chi connectivity index (χ0v) is 6.98. The molecule has 1 aliphatic heterocycles. The van der Waals surface area contributed by atoms with Crippen molar-refractivity contribution in [2.75, 3.05) is 13.1 Å². The summed E-state index contributed by atoms with van der Waals surface area (Å²) >= 11 is 0. The van der Waals surface area contributed by atoms with Crippen molar-refractivity contribution in [1.29, 1.82) is 0 Å². The van der Waals surface area contributed by atoms with E-state index in [1.54, 1.807) is 0 Å². The predicted octanol–water partition coefficient (Wildman–Crippen LogP) is 1.53. The lowest BCUT2D eigenvalue weighted by Gasteiger charge is -2.12. The Morgan fingerprint density at radius 2 is 2.08 bits per heavy atom. The van der Waals surface area contributed by atoms with E-state index in [4.69, 9.17) is 0 Å². The number of rotatable bonds is 2. The zero-order chi connectivity index (χ0) is 8.23. The average Bonchev–Trinajstić information content (AvgIpc) is 2.59. The van der Waals surface area contributed by atoms with Crippen LogP contribution in [0.3, 0.4) is 0 Å². The van der Waals surface area contributed by atoms with E-state index in [1.165, 1.54) is 5.56 Å². The van der Waals surface area contributed by atoms with Crippen LogP contribution in [0.1, 0.15) is 5.56 Å². The van der Waals surface area contributed by atoms with Gasteiger partial charge in [0.05, 0.1) is 12.9 Å². The normalized spacial score (nSPS) is 15.5. The second-order valence-electron chi connectivity index (χ2n) is 2.98. The van der Waals surface area contributed by atoms with Crippen LogP contribution in [0.2, 0.25) is 0 Å². The first-order valence-corrected chi connectivity index (χ1v) is 4.23. The van der Waals surface area contributed by atoms with Crippen LogP contribution < -0.4 is 0 Å². The summed E-state index contributed by atoms with van der Waals surface area (Å²) in [4.78, 5) is 6.39. The summed E-state index contributed by atoms with van der Waals surface area (Å²) < 4.78 is 0. The van der Waals surface area contributed by atoms with Gasteiger partial charge in [-0.1, -0.05) is 30.3 Å². The van der Waals surface area contributed by atoms with Crippen LogP contribution in [0.15, 0.2) is 35.3 Å². The predicted molar refractivity (Wildman–Crippen MR) is 50.2 cm³/mol. The smallest absolute Gasteiger partial charge is 0.0854 e. The van der Waals surface area contributed by atoms with Crippen LogP contribution in [0, 0.1) is 0 Å². The van der Waals surface area contributed by atoms with Gasteiger partial charge in [-0.15, -0.1) is 0 Å². The van der Waals surface area contributed by atoms with Crippen LogP contribution in [0.4, 0.5) is 0 Å². The maximum absolute atomic E-state index is 4.16. The molecule has 62 valence electrons. The lowest BCUT2D eigenvalue weighted by Crippen LogP contribution is -2.18. The minimum absolute atomic E-state index is 0.951. The van der Waals surface area contributed by atoms with E-state index in [-0.39, 0.29) is 0 Å². The Labute approximate surface area is 72.5 Å². The Balaban J connectivity index is 1.99. The molecule has 12 heavy (non-hydrogen) atoms. The van der Waals surface area contributed by atoms with Gasteiger partial charge in [0, 0.05) is 13.1 Å². The molecule has 0 N–H and O–H groups in total. The van der Waals surface area contributed by atoms with Gasteiger partial charge in [0.15, 0.2) is 0 Å². The first-order chi connectivity index (χ1) is 5.95. The van der Waals surface area contributed by atoms with Crippen molar-refractivity contribution in [2.24, 2.45) is 4.99 Å². The quantitative estimate of drug-likeness (QED) is 0.640. The number of benzene rings is 1. The highest BCUT2D eigenvalue weighted by Gasteiger charge is 2.04. The standard InChI is InChI=1S/C10H12N2/c1-2-4-10(5-3-1)8-12-7-6-11-9-12/h1-5,9H,6-8H2. The molecule has 0 fully saturated rings. The summed E-state index contributed by atoms with van der Waals surface area (Å²) in [5.74, 6) is 0. The third-order valence-electron chi connectivity index (χ3n) is 1.99. The van der Waals surface area contributed by atoms with Crippen molar-refractivity contribution in [2.45, 2.75) is 6.54 Å². The van der Waals surface area contributed by atoms with E-state index in [9.17, 15) is 0 Å². The van der Waals surface area contributed by atoms with Gasteiger partial charge in [0.1, 0.15) is 0 Å². The van der Waals surface area contributed by atoms with Gasteiger partial charge in [-0.3, -0.25) is 4.99 Å². The number of nitrogens with zero attached hydrogens (tertiary/aromatic N) is 2. The highest BCUT2D eigenvalue weighted by molar-refractivity contribution is 5.57. The van der Waals surface area contributed by atoms with E-state index in [0.29, 0.717) is 0 Å². The fraction of sp³-hybridized carbons (Fsp3) is 0.300. The first kappa shape index (κ1) is 7.35. The fourth-order valence-electron chi connectivity index (χ4n) is 1.35. The van der Waals surface area contributed by atoms with Gasteiger partial charge < -0.3 is 4.90 Å². The minimum Gasteiger partial charge on any atom is -0.357 e. The molecule has 0 radical (unpaired) electrons. The molecular formula is C10H12N2. The van der Waals surface area contributed by atoms with Crippen molar-refractivity contribution >= 4 is 6.34 Å². The Bertz CT molecular complexity index is 266. The van der Waals surface area contributed by atoms with Gasteiger partial charge in [-0.25, -0.2) is 0 Å². The molecule has 0 aliphatic carbocycles. The van der Waals surface area contributed by atoms with E-state index < -0.39 is 0 Å². The Kier molecular flexibility index (Phi) is 2.08. The number of aliphatic imine (C=N–C) groups is 1. The molecule has 2 rings (SSSR count). The highest BCUT2D eigenvalue weighted by atomic mass is 15.2. The Morgan fingerprint density at radius 1 is 1.25 bits per heavy atom. The average molecular weight is 160 g/mol. The monoisotopic (exact) mass is 160 g/mol. The Hall–Kier alpha value is -1.31. The number of hydrogen-bond donors (Lipinski definition) is 0. The molecule has 1 heterocycles. The van der Waals surface area contributed by atoms with Gasteiger partial charge in [0.2, 0.25) is 0 Å². The molecule has 0 amide bonds. The maximum Gasteiger partial charge on any atom is 0.0854 e. The van der Waals surface area contributed by atoms with Crippen LogP contribution in [0.5, 0.6) is 0 Å². The molecule has 0 unspecified atom stereocenters. The van der Waals surface area contributed by atoms with Gasteiger partial charge in [-0.2, -0.15) is 0 Å². The molecule has 1 aromatic carbocycles. The molecule has 0 spiro atoms. The van der Waals surface area contributed by atoms with Gasteiger partial charge >= 0.3 is 0 Å². The second-order valence-corrected chi connectivity index (χ2v) is 2.98. The topological polar surface area (TPSA) is 15.6 Å². The van der Waals surface area contributed by atoms with Crippen molar-refractivity contribution in [3.8, 4) is 0 Å². The number of hydrogen-bond acceptors (Lipinski definition) is 2. The molecule has 1 aliphatic rings. The zero-order valence-electron chi connectivity index (χ0n) is 6.98. The van der Waals surface area contributed by atoms with Gasteiger partial charge in [0.25, 0.3) is 0 Å². The lowest BCUT2D eigenvalue weighted by atomic mass is 10.2. The van der Waals surface area contributed by atoms with Crippen molar-refractivity contribution in [3.05, 3.63) is 35.9 Å². The van der Waals surface area contributed by atoms with E-state index in [1.807, 2.05) is 12.4 Å². The molecule has 2 nitrogen and oxygen atoms in total. The summed E-state index contributed by atoms with van der Waals surface area (Å²) in [5.41, 5.74) is 1.35. The molecule has 2 heteroatoms. The lowest BCUT2D eigenvalue weighted by molar-refractivity contribution is 0.463. The van der Waals surface area contributed by atoms with E-state index >= 15 is 0 Å². The summed E-state index contributed by atoms with van der Waals surface area (Å²) in [6.07, 6.45) is 1.94. The SMILES string of the molecule is C1=NCCN1Cc1ccccc1. The molecule has 0 atom stereocenters. The van der Waals surface area contributed by atoms with E-state index in [2.05, 4.69) is 34.2 Å². The minimum atomic E-state index is 0.951. The van der Waals surface area contributed by atoms with Crippen LogP contribution in [-0.2, 0) is 6.54 Å². The van der Waals surface area contributed by atoms with Crippen LogP contribution >= 0.6 is 0 Å². The second kappa shape index (κ2) is 3.39. The van der Waals surface area contributed by atoms with Crippen LogP contribution in [0.25, 0.3) is 0 Å². The van der Waals surface area contributed by atoms with E-state index in [0.717, 1.165) is 19.6 Å². The summed E-state index contributed by atoms with van der Waals surface area (Å²) in [7, 11) is 0. The summed E-state index contributed by atoms with van der Waals surface area (Å²) in [6.45, 7) is 3.01. The largest absolute Gasteiger partial charge is 0.357 e. The van der Waals surface area contributed by atoms with Crippen molar-refractivity contribution < 1.29 is 0 Å². The first-order valence-electron chi connectivity index (χ1n) is 4.23. The molecule has 0 saturated carbocycles. The van der Waals surface area contributed by atoms with Gasteiger partial charge in [-0.05, 0) is 5.56 Å². The van der Waals surface area contributed by atoms with Crippen LogP contribution in [-0.4, -0.2) is 24.3 Å². The third-order valence-corrected chi connectivity index (χ3v) is 1.99. The van der Waals surface area contributed by atoms with Crippen molar-refractivity contribution in [3.63, 3.8) is 0 Å². The fourth-order valence-corrected chi connectivity index (χ4v) is 1.35. The molecule has 0 bridgehead atoms. The molecular weight excluding hydrogens is 148 g/mol. The summed E-state index contributed by atoms with van der Waals surface area (Å²) in [5, 5.41) is 0.